The van der Waals surface area contributed by atoms with Gasteiger partial charge in [0.15, 0.2) is 0 Å². The second-order valence-electron chi connectivity index (χ2n) is 5.43. The lowest BCUT2D eigenvalue weighted by molar-refractivity contribution is -0.0348. The van der Waals surface area contributed by atoms with Gasteiger partial charge in [-0.05, 0) is 12.5 Å². The van der Waals surface area contributed by atoms with E-state index in [2.05, 4.69) is 6.58 Å². The van der Waals surface area contributed by atoms with E-state index in [1.165, 1.54) is 4.90 Å². The van der Waals surface area contributed by atoms with Gasteiger partial charge in [-0.2, -0.15) is 0 Å². The fourth-order valence-electron chi connectivity index (χ4n) is 2.37. The van der Waals surface area contributed by atoms with Crippen molar-refractivity contribution in [3.63, 3.8) is 0 Å². The Bertz CT molecular complexity index is 502. The van der Waals surface area contributed by atoms with Crippen LogP contribution in [0.15, 0.2) is 42.7 Å². The summed E-state index contributed by atoms with van der Waals surface area (Å²) >= 11 is 0. The van der Waals surface area contributed by atoms with Crippen LogP contribution in [-0.2, 0) is 15.9 Å². The monoisotopic (exact) mass is 291 g/mol. The molecule has 0 aromatic heterocycles. The van der Waals surface area contributed by atoms with Gasteiger partial charge in [-0.1, -0.05) is 36.9 Å². The van der Waals surface area contributed by atoms with Gasteiger partial charge in [0.25, 0.3) is 0 Å². The Kier molecular flexibility index (Phi) is 4.98. The molecule has 1 amide bonds. The Morgan fingerprint density at radius 2 is 2.19 bits per heavy atom. The first-order valence-electron chi connectivity index (χ1n) is 6.95. The number of amides is 1. The van der Waals surface area contributed by atoms with Crippen LogP contribution in [0.5, 0.6) is 0 Å². The minimum absolute atomic E-state index is 0.175. The molecule has 1 aromatic rings. The van der Waals surface area contributed by atoms with Crippen LogP contribution in [0, 0.1) is 0 Å². The van der Waals surface area contributed by atoms with Crippen LogP contribution in [0.1, 0.15) is 12.5 Å². The molecule has 0 saturated carbocycles. The Morgan fingerprint density at radius 1 is 1.48 bits per heavy atom. The van der Waals surface area contributed by atoms with E-state index in [1.54, 1.807) is 6.92 Å². The number of hydrogen-bond acceptors (Lipinski definition) is 4. The number of carbonyl (C=O) groups is 1. The zero-order valence-electron chi connectivity index (χ0n) is 12.2. The minimum atomic E-state index is -1.12. The molecule has 21 heavy (non-hydrogen) atoms. The van der Waals surface area contributed by atoms with Gasteiger partial charge < -0.3 is 19.5 Å². The number of benzene rings is 1. The summed E-state index contributed by atoms with van der Waals surface area (Å²) in [6.45, 7) is 6.30. The van der Waals surface area contributed by atoms with Gasteiger partial charge >= 0.3 is 6.09 Å². The molecule has 1 atom stereocenters. The van der Waals surface area contributed by atoms with Crippen LogP contribution in [0.4, 0.5) is 4.79 Å². The summed E-state index contributed by atoms with van der Waals surface area (Å²) in [4.78, 5) is 13.4. The Morgan fingerprint density at radius 3 is 2.86 bits per heavy atom. The van der Waals surface area contributed by atoms with E-state index >= 15 is 0 Å². The van der Waals surface area contributed by atoms with Crippen LogP contribution >= 0.6 is 0 Å². The fourth-order valence-corrected chi connectivity index (χ4v) is 2.37. The first kappa shape index (κ1) is 15.5. The van der Waals surface area contributed by atoms with Gasteiger partial charge in [-0.15, -0.1) is 0 Å². The summed E-state index contributed by atoms with van der Waals surface area (Å²) in [6, 6.07) is 9.65. The predicted molar refractivity (Wildman–Crippen MR) is 78.8 cm³/mol. The van der Waals surface area contributed by atoms with Gasteiger partial charge in [-0.25, -0.2) is 4.79 Å². The van der Waals surface area contributed by atoms with Crippen LogP contribution in [0.3, 0.4) is 0 Å². The van der Waals surface area contributed by atoms with Crippen molar-refractivity contribution in [1.29, 1.82) is 0 Å². The average molecular weight is 291 g/mol. The number of β-amino-alcohol motifs (C(OH)–C–C–N with tert-alkyl or cyclic N) is 1. The first-order chi connectivity index (χ1) is 9.98. The number of aliphatic hydroxyl groups is 1. The summed E-state index contributed by atoms with van der Waals surface area (Å²) in [5.41, 5.74) is -0.120. The summed E-state index contributed by atoms with van der Waals surface area (Å²) in [6.07, 6.45) is -0.0792. The van der Waals surface area contributed by atoms with Gasteiger partial charge in [0.1, 0.15) is 5.60 Å². The number of rotatable bonds is 3. The maximum Gasteiger partial charge on any atom is 0.415 e. The number of carbonyl (C=O) groups excluding carboxylic acids is 1. The average Bonchev–Trinajstić information content (AvgIpc) is 2.61. The van der Waals surface area contributed by atoms with Gasteiger partial charge in [-0.3, -0.25) is 0 Å². The van der Waals surface area contributed by atoms with Crippen molar-refractivity contribution in [1.82, 2.24) is 4.90 Å². The molecule has 1 aromatic carbocycles. The predicted octanol–water partition coefficient (Wildman–Crippen LogP) is 1.96. The smallest absolute Gasteiger partial charge is 0.415 e. The molecular weight excluding hydrogens is 270 g/mol. The second kappa shape index (κ2) is 6.74. The topological polar surface area (TPSA) is 59.0 Å². The summed E-state index contributed by atoms with van der Waals surface area (Å²) < 4.78 is 10.5. The molecule has 0 bridgehead atoms. The van der Waals surface area contributed by atoms with E-state index in [1.807, 2.05) is 30.3 Å². The molecule has 0 spiro atoms. The van der Waals surface area contributed by atoms with Gasteiger partial charge in [0.05, 0.1) is 25.5 Å². The molecule has 5 heteroatoms. The van der Waals surface area contributed by atoms with Crippen LogP contribution in [0.2, 0.25) is 0 Å². The first-order valence-corrected chi connectivity index (χ1v) is 6.95. The fraction of sp³-hybridized carbons (Fsp3) is 0.438. The molecule has 2 rings (SSSR count). The highest BCUT2D eigenvalue weighted by Crippen LogP contribution is 2.19. The van der Waals surface area contributed by atoms with Crippen molar-refractivity contribution >= 4 is 6.09 Å². The van der Waals surface area contributed by atoms with Crippen molar-refractivity contribution in [3.8, 4) is 0 Å². The van der Waals surface area contributed by atoms with Crippen LogP contribution in [-0.4, -0.2) is 48.0 Å². The molecule has 114 valence electrons. The van der Waals surface area contributed by atoms with E-state index in [4.69, 9.17) is 9.47 Å². The summed E-state index contributed by atoms with van der Waals surface area (Å²) in [7, 11) is 0. The normalized spacial score (nSPS) is 22.5. The molecule has 1 saturated heterocycles. The molecule has 1 aliphatic rings. The lowest BCUT2D eigenvalue weighted by atomic mass is 9.95. The maximum atomic E-state index is 12.0. The zero-order valence-corrected chi connectivity index (χ0v) is 12.2. The third-order valence-electron chi connectivity index (χ3n) is 3.26. The van der Waals surface area contributed by atoms with E-state index in [-0.39, 0.29) is 13.2 Å². The standard InChI is InChI=1S/C16H21NO4/c1-13(2)21-15(18)17-8-9-20-12-16(19,11-17)10-14-6-4-3-5-7-14/h3-7,19H,1,8-12H2,2H3. The number of allylic oxidation sites excluding steroid dienone is 1. The molecule has 5 nitrogen and oxygen atoms in total. The van der Waals surface area contributed by atoms with Crippen molar-refractivity contribution < 1.29 is 19.4 Å². The van der Waals surface area contributed by atoms with Crippen molar-refractivity contribution in [2.45, 2.75) is 18.9 Å². The molecule has 1 unspecified atom stereocenters. The SMILES string of the molecule is C=C(C)OC(=O)N1CCOCC(O)(Cc2ccccc2)C1. The Labute approximate surface area is 124 Å². The van der Waals surface area contributed by atoms with E-state index in [0.717, 1.165) is 5.56 Å². The summed E-state index contributed by atoms with van der Waals surface area (Å²) in [5.74, 6) is 0.330. The highest BCUT2D eigenvalue weighted by molar-refractivity contribution is 5.68. The maximum absolute atomic E-state index is 12.0. The molecule has 1 aliphatic heterocycles. The highest BCUT2D eigenvalue weighted by Gasteiger charge is 2.35. The molecule has 1 fully saturated rings. The van der Waals surface area contributed by atoms with Gasteiger partial charge in [0, 0.05) is 13.0 Å². The number of hydrogen-bond donors (Lipinski definition) is 1. The molecule has 0 aliphatic carbocycles. The van der Waals surface area contributed by atoms with Crippen LogP contribution < -0.4 is 0 Å². The Balaban J connectivity index is 2.07. The van der Waals surface area contributed by atoms with E-state index in [9.17, 15) is 9.90 Å². The third-order valence-corrected chi connectivity index (χ3v) is 3.26. The molecule has 1 heterocycles. The third kappa shape index (κ3) is 4.58. The van der Waals surface area contributed by atoms with Gasteiger partial charge in [0.2, 0.25) is 0 Å². The number of ether oxygens (including phenoxy) is 2. The number of nitrogens with zero attached hydrogens (tertiary/aromatic N) is 1. The van der Waals surface area contributed by atoms with Crippen molar-refractivity contribution in [2.24, 2.45) is 0 Å². The van der Waals surface area contributed by atoms with E-state index < -0.39 is 11.7 Å². The van der Waals surface area contributed by atoms with Crippen molar-refractivity contribution in [3.05, 3.63) is 48.2 Å². The van der Waals surface area contributed by atoms with Crippen LogP contribution in [0.25, 0.3) is 0 Å². The minimum Gasteiger partial charge on any atom is -0.416 e. The summed E-state index contributed by atoms with van der Waals surface area (Å²) in [5, 5.41) is 10.8. The second-order valence-corrected chi connectivity index (χ2v) is 5.43. The Hall–Kier alpha value is -1.85. The molecule has 0 radical (unpaired) electrons. The highest BCUT2D eigenvalue weighted by atomic mass is 16.6. The van der Waals surface area contributed by atoms with Crippen molar-refractivity contribution in [2.75, 3.05) is 26.3 Å². The quantitative estimate of drug-likeness (QED) is 0.865. The largest absolute Gasteiger partial charge is 0.416 e. The lowest BCUT2D eigenvalue weighted by Crippen LogP contribution is -2.48. The lowest BCUT2D eigenvalue weighted by Gasteiger charge is -2.30. The zero-order chi connectivity index (χ0) is 15.3. The molecular formula is C16H21NO4. The van der Waals surface area contributed by atoms with E-state index in [0.29, 0.717) is 25.3 Å². The molecule has 1 N–H and O–H groups in total.